The lowest BCUT2D eigenvalue weighted by atomic mass is 10.0. The fourth-order valence-corrected chi connectivity index (χ4v) is 2.21. The standard InChI is InChI=1S/C14H28N2O2/c1-5-14(3,4)16-13(18)10(2)15-9-11-7-6-8-12(11)17/h10-12,15,17H,5-9H2,1-4H3,(H,16,18). The number of hydrogen-bond acceptors (Lipinski definition) is 3. The maximum atomic E-state index is 12.0. The predicted octanol–water partition coefficient (Wildman–Crippen LogP) is 1.43. The Kier molecular flexibility index (Phi) is 5.60. The summed E-state index contributed by atoms with van der Waals surface area (Å²) in [5.41, 5.74) is -0.153. The Hall–Kier alpha value is -0.610. The van der Waals surface area contributed by atoms with Gasteiger partial charge < -0.3 is 15.7 Å². The molecule has 0 spiro atoms. The first-order valence-corrected chi connectivity index (χ1v) is 7.09. The Morgan fingerprint density at radius 1 is 1.44 bits per heavy atom. The quantitative estimate of drug-likeness (QED) is 0.674. The normalized spacial score (nSPS) is 26.1. The third kappa shape index (κ3) is 4.58. The summed E-state index contributed by atoms with van der Waals surface area (Å²) in [5.74, 6) is 0.341. The van der Waals surface area contributed by atoms with Crippen LogP contribution in [0.5, 0.6) is 0 Å². The number of rotatable bonds is 6. The van der Waals surface area contributed by atoms with Crippen LogP contribution in [0.25, 0.3) is 0 Å². The van der Waals surface area contributed by atoms with E-state index in [1.807, 2.05) is 20.8 Å². The monoisotopic (exact) mass is 256 g/mol. The van der Waals surface area contributed by atoms with E-state index in [1.54, 1.807) is 0 Å². The van der Waals surface area contributed by atoms with Gasteiger partial charge in [-0.1, -0.05) is 13.3 Å². The lowest BCUT2D eigenvalue weighted by molar-refractivity contribution is -0.124. The van der Waals surface area contributed by atoms with Crippen LogP contribution < -0.4 is 10.6 Å². The molecular weight excluding hydrogens is 228 g/mol. The Morgan fingerprint density at radius 3 is 2.61 bits per heavy atom. The van der Waals surface area contributed by atoms with Gasteiger partial charge in [-0.25, -0.2) is 0 Å². The molecule has 3 N–H and O–H groups in total. The van der Waals surface area contributed by atoms with Crippen LogP contribution >= 0.6 is 0 Å². The minimum atomic E-state index is -0.205. The van der Waals surface area contributed by atoms with Crippen molar-refractivity contribution in [3.05, 3.63) is 0 Å². The highest BCUT2D eigenvalue weighted by molar-refractivity contribution is 5.81. The molecule has 3 unspecified atom stereocenters. The first-order valence-electron chi connectivity index (χ1n) is 7.09. The van der Waals surface area contributed by atoms with E-state index in [-0.39, 0.29) is 23.6 Å². The van der Waals surface area contributed by atoms with Crippen molar-refractivity contribution >= 4 is 5.91 Å². The van der Waals surface area contributed by atoms with Crippen molar-refractivity contribution < 1.29 is 9.90 Å². The van der Waals surface area contributed by atoms with E-state index in [4.69, 9.17) is 0 Å². The molecule has 0 aliphatic heterocycles. The minimum Gasteiger partial charge on any atom is -0.393 e. The smallest absolute Gasteiger partial charge is 0.237 e. The van der Waals surface area contributed by atoms with E-state index in [0.717, 1.165) is 32.2 Å². The molecule has 0 aromatic carbocycles. The van der Waals surface area contributed by atoms with E-state index >= 15 is 0 Å². The number of nitrogens with one attached hydrogen (secondary N) is 2. The van der Waals surface area contributed by atoms with E-state index in [0.29, 0.717) is 5.92 Å². The Labute approximate surface area is 111 Å². The predicted molar refractivity (Wildman–Crippen MR) is 73.3 cm³/mol. The highest BCUT2D eigenvalue weighted by Crippen LogP contribution is 2.24. The second kappa shape index (κ2) is 6.53. The van der Waals surface area contributed by atoms with Crippen LogP contribution in [0.3, 0.4) is 0 Å². The first kappa shape index (κ1) is 15.4. The number of carbonyl (C=O) groups excluding carboxylic acids is 1. The summed E-state index contributed by atoms with van der Waals surface area (Å²) in [6, 6.07) is -0.205. The summed E-state index contributed by atoms with van der Waals surface area (Å²) in [7, 11) is 0. The molecule has 4 heteroatoms. The maximum Gasteiger partial charge on any atom is 0.237 e. The van der Waals surface area contributed by atoms with Crippen LogP contribution in [0.1, 0.15) is 53.4 Å². The molecule has 18 heavy (non-hydrogen) atoms. The van der Waals surface area contributed by atoms with Crippen molar-refractivity contribution in [3.63, 3.8) is 0 Å². The van der Waals surface area contributed by atoms with Gasteiger partial charge in [0.15, 0.2) is 0 Å². The SMILES string of the molecule is CCC(C)(C)NC(=O)C(C)NCC1CCCC1O. The second-order valence-electron chi connectivity index (χ2n) is 6.11. The number of carbonyl (C=O) groups is 1. The molecule has 0 radical (unpaired) electrons. The number of hydrogen-bond donors (Lipinski definition) is 3. The Balaban J connectivity index is 2.31. The second-order valence-corrected chi connectivity index (χ2v) is 6.11. The molecular formula is C14H28N2O2. The summed E-state index contributed by atoms with van der Waals surface area (Å²) in [4.78, 5) is 12.0. The van der Waals surface area contributed by atoms with Gasteiger partial charge in [-0.05, 0) is 46.0 Å². The fourth-order valence-electron chi connectivity index (χ4n) is 2.21. The molecule has 1 aliphatic rings. The van der Waals surface area contributed by atoms with Crippen LogP contribution in [0.2, 0.25) is 0 Å². The number of amides is 1. The third-order valence-electron chi connectivity index (χ3n) is 4.04. The van der Waals surface area contributed by atoms with Crippen LogP contribution in [0.4, 0.5) is 0 Å². The zero-order valence-electron chi connectivity index (χ0n) is 12.1. The van der Waals surface area contributed by atoms with Crippen LogP contribution in [0.15, 0.2) is 0 Å². The lowest BCUT2D eigenvalue weighted by Gasteiger charge is -2.27. The molecule has 106 valence electrons. The van der Waals surface area contributed by atoms with Crippen molar-refractivity contribution in [2.24, 2.45) is 5.92 Å². The summed E-state index contributed by atoms with van der Waals surface area (Å²) in [6.45, 7) is 8.72. The van der Waals surface area contributed by atoms with Crippen LogP contribution in [-0.2, 0) is 4.79 Å². The van der Waals surface area contributed by atoms with E-state index in [2.05, 4.69) is 17.6 Å². The van der Waals surface area contributed by atoms with Gasteiger partial charge in [0.25, 0.3) is 0 Å². The lowest BCUT2D eigenvalue weighted by Crippen LogP contribution is -2.51. The molecule has 0 bridgehead atoms. The zero-order valence-corrected chi connectivity index (χ0v) is 12.1. The average Bonchev–Trinajstić information content (AvgIpc) is 2.71. The highest BCUT2D eigenvalue weighted by atomic mass is 16.3. The highest BCUT2D eigenvalue weighted by Gasteiger charge is 2.27. The molecule has 0 aromatic rings. The van der Waals surface area contributed by atoms with Crippen LogP contribution in [0, 0.1) is 5.92 Å². The maximum absolute atomic E-state index is 12.0. The van der Waals surface area contributed by atoms with Gasteiger partial charge in [0.2, 0.25) is 5.91 Å². The summed E-state index contributed by atoms with van der Waals surface area (Å²) < 4.78 is 0. The number of aliphatic hydroxyl groups is 1. The van der Waals surface area contributed by atoms with Gasteiger partial charge in [-0.2, -0.15) is 0 Å². The van der Waals surface area contributed by atoms with Crippen molar-refractivity contribution in [2.45, 2.75) is 71.1 Å². The molecule has 0 saturated heterocycles. The van der Waals surface area contributed by atoms with E-state index in [1.165, 1.54) is 0 Å². The largest absolute Gasteiger partial charge is 0.393 e. The van der Waals surface area contributed by atoms with Gasteiger partial charge in [-0.3, -0.25) is 4.79 Å². The molecule has 0 heterocycles. The molecule has 1 rings (SSSR count). The minimum absolute atomic E-state index is 0.0364. The van der Waals surface area contributed by atoms with E-state index in [9.17, 15) is 9.90 Å². The average molecular weight is 256 g/mol. The molecule has 4 nitrogen and oxygen atoms in total. The third-order valence-corrected chi connectivity index (χ3v) is 4.04. The zero-order chi connectivity index (χ0) is 13.8. The van der Waals surface area contributed by atoms with Crippen molar-refractivity contribution in [2.75, 3.05) is 6.54 Å². The summed E-state index contributed by atoms with van der Waals surface area (Å²) >= 11 is 0. The molecule has 1 saturated carbocycles. The van der Waals surface area contributed by atoms with Gasteiger partial charge in [0.1, 0.15) is 0 Å². The molecule has 0 aromatic heterocycles. The summed E-state index contributed by atoms with van der Waals surface area (Å²) in [5, 5.41) is 16.0. The van der Waals surface area contributed by atoms with Crippen LogP contribution in [-0.4, -0.2) is 35.2 Å². The van der Waals surface area contributed by atoms with Crippen molar-refractivity contribution in [1.29, 1.82) is 0 Å². The van der Waals surface area contributed by atoms with Crippen molar-refractivity contribution in [1.82, 2.24) is 10.6 Å². The van der Waals surface area contributed by atoms with Gasteiger partial charge in [0.05, 0.1) is 12.1 Å². The molecule has 1 fully saturated rings. The topological polar surface area (TPSA) is 61.4 Å². The fraction of sp³-hybridized carbons (Fsp3) is 0.929. The van der Waals surface area contributed by atoms with Crippen molar-refractivity contribution in [3.8, 4) is 0 Å². The van der Waals surface area contributed by atoms with Gasteiger partial charge in [-0.15, -0.1) is 0 Å². The Morgan fingerprint density at radius 2 is 2.11 bits per heavy atom. The van der Waals surface area contributed by atoms with Gasteiger partial charge >= 0.3 is 0 Å². The van der Waals surface area contributed by atoms with E-state index < -0.39 is 0 Å². The molecule has 1 amide bonds. The summed E-state index contributed by atoms with van der Waals surface area (Å²) in [6.07, 6.45) is 3.77. The Bertz CT molecular complexity index is 279. The number of aliphatic hydroxyl groups excluding tert-OH is 1. The van der Waals surface area contributed by atoms with Gasteiger partial charge in [0, 0.05) is 12.1 Å². The molecule has 1 aliphatic carbocycles. The first-order chi connectivity index (χ1) is 8.35. The molecule has 3 atom stereocenters.